The first-order chi connectivity index (χ1) is 7.24. The fraction of sp³-hybridized carbons (Fsp3) is 0.615. The van der Waals surface area contributed by atoms with E-state index < -0.39 is 0 Å². The molecule has 1 unspecified atom stereocenters. The van der Waals surface area contributed by atoms with Gasteiger partial charge in [0.25, 0.3) is 0 Å². The standard InChI is InChI=1S/C13H22O2/c1-4-7-8-10-12(9-5-2)11-13(14)15-6-3/h4,7-8,10,12H,5-6,9,11H2,1-3H3/b7-4+,10-8+. The Morgan fingerprint density at radius 1 is 1.33 bits per heavy atom. The van der Waals surface area contributed by atoms with Crippen LogP contribution in [0.1, 0.15) is 40.0 Å². The van der Waals surface area contributed by atoms with Crippen LogP contribution in [0, 0.1) is 5.92 Å². The molecule has 0 saturated carbocycles. The summed E-state index contributed by atoms with van der Waals surface area (Å²) in [5.74, 6) is 0.214. The molecule has 2 heteroatoms. The molecule has 15 heavy (non-hydrogen) atoms. The number of ether oxygens (including phenoxy) is 1. The number of carbonyl (C=O) groups excluding carboxylic acids is 1. The van der Waals surface area contributed by atoms with E-state index in [4.69, 9.17) is 4.74 Å². The normalized spacial score (nSPS) is 13.5. The summed E-state index contributed by atoms with van der Waals surface area (Å²) >= 11 is 0. The molecule has 0 aliphatic carbocycles. The smallest absolute Gasteiger partial charge is 0.306 e. The maximum absolute atomic E-state index is 11.3. The average molecular weight is 210 g/mol. The molecule has 2 nitrogen and oxygen atoms in total. The van der Waals surface area contributed by atoms with Gasteiger partial charge in [-0.2, -0.15) is 0 Å². The zero-order valence-electron chi connectivity index (χ0n) is 10.0. The van der Waals surface area contributed by atoms with Crippen LogP contribution in [0.3, 0.4) is 0 Å². The van der Waals surface area contributed by atoms with Gasteiger partial charge in [0.1, 0.15) is 0 Å². The number of carbonyl (C=O) groups is 1. The van der Waals surface area contributed by atoms with E-state index in [-0.39, 0.29) is 5.97 Å². The molecule has 0 heterocycles. The second-order valence-corrected chi connectivity index (χ2v) is 3.47. The Hall–Kier alpha value is -1.05. The van der Waals surface area contributed by atoms with Crippen LogP contribution in [0.15, 0.2) is 24.3 Å². The van der Waals surface area contributed by atoms with Gasteiger partial charge in [-0.3, -0.25) is 4.79 Å². The highest BCUT2D eigenvalue weighted by atomic mass is 16.5. The Labute approximate surface area is 93.0 Å². The van der Waals surface area contributed by atoms with Gasteiger partial charge in [-0.25, -0.2) is 0 Å². The molecule has 86 valence electrons. The van der Waals surface area contributed by atoms with Crippen molar-refractivity contribution in [3.05, 3.63) is 24.3 Å². The topological polar surface area (TPSA) is 26.3 Å². The minimum Gasteiger partial charge on any atom is -0.466 e. The van der Waals surface area contributed by atoms with E-state index in [9.17, 15) is 4.79 Å². The summed E-state index contributed by atoms with van der Waals surface area (Å²) in [4.78, 5) is 11.3. The third-order valence-corrected chi connectivity index (χ3v) is 2.08. The summed E-state index contributed by atoms with van der Waals surface area (Å²) in [5, 5.41) is 0. The third kappa shape index (κ3) is 7.98. The van der Waals surface area contributed by atoms with Crippen LogP contribution < -0.4 is 0 Å². The quantitative estimate of drug-likeness (QED) is 0.475. The molecule has 0 radical (unpaired) electrons. The summed E-state index contributed by atoms with van der Waals surface area (Å²) in [6, 6.07) is 0. The van der Waals surface area contributed by atoms with E-state index >= 15 is 0 Å². The predicted octanol–water partition coefficient (Wildman–Crippen LogP) is 3.49. The van der Waals surface area contributed by atoms with Gasteiger partial charge in [0.2, 0.25) is 0 Å². The van der Waals surface area contributed by atoms with E-state index in [1.165, 1.54) is 0 Å². The van der Waals surface area contributed by atoms with Crippen LogP contribution >= 0.6 is 0 Å². The lowest BCUT2D eigenvalue weighted by molar-refractivity contribution is -0.143. The maximum atomic E-state index is 11.3. The van der Waals surface area contributed by atoms with E-state index in [0.717, 1.165) is 12.8 Å². The van der Waals surface area contributed by atoms with E-state index in [1.54, 1.807) is 0 Å². The van der Waals surface area contributed by atoms with Crippen molar-refractivity contribution in [1.29, 1.82) is 0 Å². The molecule has 0 bridgehead atoms. The van der Waals surface area contributed by atoms with Crippen molar-refractivity contribution >= 4 is 5.97 Å². The zero-order chi connectivity index (χ0) is 11.5. The Kier molecular flexibility index (Phi) is 8.84. The van der Waals surface area contributed by atoms with Gasteiger partial charge in [-0.15, -0.1) is 0 Å². The lowest BCUT2D eigenvalue weighted by Gasteiger charge is -2.10. The van der Waals surface area contributed by atoms with Gasteiger partial charge in [0.15, 0.2) is 0 Å². The Bertz CT molecular complexity index is 217. The first-order valence-electron chi connectivity index (χ1n) is 5.69. The molecule has 0 fully saturated rings. The Morgan fingerprint density at radius 3 is 2.60 bits per heavy atom. The van der Waals surface area contributed by atoms with Crippen molar-refractivity contribution in [2.75, 3.05) is 6.61 Å². The summed E-state index contributed by atoms with van der Waals surface area (Å²) < 4.78 is 4.93. The monoisotopic (exact) mass is 210 g/mol. The second-order valence-electron chi connectivity index (χ2n) is 3.47. The van der Waals surface area contributed by atoms with Crippen LogP contribution in [0.4, 0.5) is 0 Å². The molecule has 0 amide bonds. The van der Waals surface area contributed by atoms with E-state index in [0.29, 0.717) is 18.9 Å². The number of esters is 1. The maximum Gasteiger partial charge on any atom is 0.306 e. The van der Waals surface area contributed by atoms with Crippen LogP contribution in [0.25, 0.3) is 0 Å². The summed E-state index contributed by atoms with van der Waals surface area (Å²) in [5.41, 5.74) is 0. The molecule has 0 aromatic heterocycles. The molecule has 0 aliphatic heterocycles. The van der Waals surface area contributed by atoms with Crippen molar-refractivity contribution in [2.24, 2.45) is 5.92 Å². The van der Waals surface area contributed by atoms with Crippen molar-refractivity contribution in [1.82, 2.24) is 0 Å². The van der Waals surface area contributed by atoms with Crippen molar-refractivity contribution in [2.45, 2.75) is 40.0 Å². The van der Waals surface area contributed by atoms with Crippen molar-refractivity contribution < 1.29 is 9.53 Å². The highest BCUT2D eigenvalue weighted by molar-refractivity contribution is 5.69. The van der Waals surface area contributed by atoms with Gasteiger partial charge >= 0.3 is 5.97 Å². The highest BCUT2D eigenvalue weighted by Crippen LogP contribution is 2.13. The van der Waals surface area contributed by atoms with Gasteiger partial charge < -0.3 is 4.74 Å². The largest absolute Gasteiger partial charge is 0.466 e. The number of rotatable bonds is 7. The zero-order valence-corrected chi connectivity index (χ0v) is 10.0. The SMILES string of the molecule is C/C=C/C=C/C(CCC)CC(=O)OCC. The van der Waals surface area contributed by atoms with Gasteiger partial charge in [0.05, 0.1) is 13.0 Å². The molecule has 0 spiro atoms. The molecule has 0 aliphatic rings. The van der Waals surface area contributed by atoms with Crippen molar-refractivity contribution in [3.8, 4) is 0 Å². The van der Waals surface area contributed by atoms with Crippen LogP contribution in [0.2, 0.25) is 0 Å². The average Bonchev–Trinajstić information content (AvgIpc) is 2.18. The first-order valence-corrected chi connectivity index (χ1v) is 5.69. The van der Waals surface area contributed by atoms with Gasteiger partial charge in [-0.05, 0) is 26.2 Å². The van der Waals surface area contributed by atoms with Crippen molar-refractivity contribution in [3.63, 3.8) is 0 Å². The Morgan fingerprint density at radius 2 is 2.07 bits per heavy atom. The highest BCUT2D eigenvalue weighted by Gasteiger charge is 2.10. The molecular weight excluding hydrogens is 188 g/mol. The number of hydrogen-bond acceptors (Lipinski definition) is 2. The number of allylic oxidation sites excluding steroid dienone is 4. The van der Waals surface area contributed by atoms with Gasteiger partial charge in [-0.1, -0.05) is 37.6 Å². The van der Waals surface area contributed by atoms with Crippen LogP contribution in [-0.2, 0) is 9.53 Å². The minimum absolute atomic E-state index is 0.0962. The molecule has 0 aromatic rings. The lowest BCUT2D eigenvalue weighted by Crippen LogP contribution is -2.09. The first kappa shape index (κ1) is 13.9. The summed E-state index contributed by atoms with van der Waals surface area (Å²) in [6.07, 6.45) is 10.7. The fourth-order valence-electron chi connectivity index (χ4n) is 1.40. The second kappa shape index (κ2) is 9.50. The minimum atomic E-state index is -0.0962. The van der Waals surface area contributed by atoms with Gasteiger partial charge in [0, 0.05) is 0 Å². The predicted molar refractivity (Wildman–Crippen MR) is 63.6 cm³/mol. The van der Waals surface area contributed by atoms with Crippen LogP contribution in [-0.4, -0.2) is 12.6 Å². The Balaban J connectivity index is 4.08. The fourth-order valence-corrected chi connectivity index (χ4v) is 1.40. The molecular formula is C13H22O2. The molecule has 0 N–H and O–H groups in total. The molecule has 1 atom stereocenters. The molecule has 0 aromatic carbocycles. The molecule has 0 rings (SSSR count). The van der Waals surface area contributed by atoms with E-state index in [2.05, 4.69) is 13.0 Å². The van der Waals surface area contributed by atoms with Crippen LogP contribution in [0.5, 0.6) is 0 Å². The number of hydrogen-bond donors (Lipinski definition) is 0. The third-order valence-electron chi connectivity index (χ3n) is 2.08. The summed E-state index contributed by atoms with van der Waals surface area (Å²) in [6.45, 7) is 6.41. The summed E-state index contributed by atoms with van der Waals surface area (Å²) in [7, 11) is 0. The molecule has 0 saturated heterocycles. The van der Waals surface area contributed by atoms with E-state index in [1.807, 2.05) is 32.1 Å². The lowest BCUT2D eigenvalue weighted by atomic mass is 9.99.